The molecule has 0 heterocycles. The van der Waals surface area contributed by atoms with Crippen LogP contribution in [0.2, 0.25) is 0 Å². The van der Waals surface area contributed by atoms with Gasteiger partial charge in [0.15, 0.2) is 0 Å². The Balaban J connectivity index is 2.15. The van der Waals surface area contributed by atoms with Gasteiger partial charge in [-0.1, -0.05) is 49.2 Å². The lowest BCUT2D eigenvalue weighted by atomic mass is 10.00. The Morgan fingerprint density at radius 2 is 1.80 bits per heavy atom. The summed E-state index contributed by atoms with van der Waals surface area (Å²) in [7, 11) is 0. The smallest absolute Gasteiger partial charge is 0.107 e. The molecule has 2 aromatic rings. The maximum Gasteiger partial charge on any atom is 0.107 e. The number of nitrogen functional groups attached to an aromatic ring is 1. The van der Waals surface area contributed by atoms with Crippen LogP contribution in [-0.4, -0.2) is 6.61 Å². The minimum atomic E-state index is 0.340. The van der Waals surface area contributed by atoms with E-state index >= 15 is 0 Å². The number of rotatable bonds is 5. The van der Waals surface area contributed by atoms with Gasteiger partial charge in [-0.3, -0.25) is 0 Å². The summed E-state index contributed by atoms with van der Waals surface area (Å²) in [5.74, 6) is 2.45. The van der Waals surface area contributed by atoms with Crippen molar-refractivity contribution >= 4 is 5.69 Å². The maximum absolute atomic E-state index is 6.12. The average molecular weight is 265 g/mol. The van der Waals surface area contributed by atoms with Gasteiger partial charge in [-0.2, -0.15) is 0 Å². The SMILES string of the molecule is C#CCOCc1ccc(-c2ccc(CC)cc2N)cc1. The molecule has 0 spiro atoms. The molecule has 0 aliphatic rings. The van der Waals surface area contributed by atoms with Crippen LogP contribution in [-0.2, 0) is 17.8 Å². The van der Waals surface area contributed by atoms with Crippen LogP contribution in [0.15, 0.2) is 42.5 Å². The highest BCUT2D eigenvalue weighted by atomic mass is 16.5. The third-order valence-corrected chi connectivity index (χ3v) is 3.24. The average Bonchev–Trinajstić information content (AvgIpc) is 2.48. The van der Waals surface area contributed by atoms with Crippen molar-refractivity contribution < 1.29 is 4.74 Å². The summed E-state index contributed by atoms with van der Waals surface area (Å²) in [6.45, 7) is 3.00. The van der Waals surface area contributed by atoms with Gasteiger partial charge in [0.1, 0.15) is 6.61 Å². The molecule has 2 heteroatoms. The lowest BCUT2D eigenvalue weighted by molar-refractivity contribution is 0.153. The molecule has 0 fully saturated rings. The van der Waals surface area contributed by atoms with Crippen molar-refractivity contribution in [3.8, 4) is 23.5 Å². The summed E-state index contributed by atoms with van der Waals surface area (Å²) in [4.78, 5) is 0. The van der Waals surface area contributed by atoms with Crippen LogP contribution in [0.3, 0.4) is 0 Å². The first kappa shape index (κ1) is 14.2. The van der Waals surface area contributed by atoms with Gasteiger partial charge in [0.25, 0.3) is 0 Å². The third kappa shape index (κ3) is 3.40. The second-order valence-corrected chi connectivity index (χ2v) is 4.67. The Kier molecular flexibility index (Phi) is 4.81. The minimum Gasteiger partial charge on any atom is -0.398 e. The monoisotopic (exact) mass is 265 g/mol. The van der Waals surface area contributed by atoms with Crippen molar-refractivity contribution in [2.45, 2.75) is 20.0 Å². The van der Waals surface area contributed by atoms with Gasteiger partial charge >= 0.3 is 0 Å². The second kappa shape index (κ2) is 6.79. The topological polar surface area (TPSA) is 35.2 Å². The van der Waals surface area contributed by atoms with E-state index in [1.807, 2.05) is 18.2 Å². The lowest BCUT2D eigenvalue weighted by Crippen LogP contribution is -1.94. The minimum absolute atomic E-state index is 0.340. The first-order valence-corrected chi connectivity index (χ1v) is 6.73. The summed E-state index contributed by atoms with van der Waals surface area (Å²) in [6.07, 6.45) is 6.14. The normalized spacial score (nSPS) is 10.2. The van der Waals surface area contributed by atoms with Gasteiger partial charge in [-0.15, -0.1) is 6.42 Å². The zero-order valence-corrected chi connectivity index (χ0v) is 11.7. The molecule has 0 atom stereocenters. The molecule has 0 amide bonds. The van der Waals surface area contributed by atoms with E-state index in [9.17, 15) is 0 Å². The molecule has 2 N–H and O–H groups in total. The molecular formula is C18H19NO. The van der Waals surface area contributed by atoms with E-state index in [2.05, 4.69) is 37.1 Å². The Morgan fingerprint density at radius 1 is 1.10 bits per heavy atom. The van der Waals surface area contributed by atoms with Crippen molar-refractivity contribution in [3.05, 3.63) is 53.6 Å². The van der Waals surface area contributed by atoms with Crippen LogP contribution < -0.4 is 5.73 Å². The predicted octanol–water partition coefficient (Wildman–Crippen LogP) is 3.65. The molecule has 2 nitrogen and oxygen atoms in total. The predicted molar refractivity (Wildman–Crippen MR) is 84.2 cm³/mol. The number of benzene rings is 2. The van der Waals surface area contributed by atoms with Gasteiger partial charge in [0, 0.05) is 11.3 Å². The summed E-state index contributed by atoms with van der Waals surface area (Å²) < 4.78 is 5.31. The lowest BCUT2D eigenvalue weighted by Gasteiger charge is -2.09. The van der Waals surface area contributed by atoms with E-state index in [0.717, 1.165) is 28.8 Å². The zero-order valence-electron chi connectivity index (χ0n) is 11.7. The highest BCUT2D eigenvalue weighted by Gasteiger charge is 2.03. The van der Waals surface area contributed by atoms with E-state index in [4.69, 9.17) is 16.9 Å². The number of aryl methyl sites for hydroxylation is 1. The number of nitrogens with two attached hydrogens (primary N) is 1. The summed E-state index contributed by atoms with van der Waals surface area (Å²) in [6, 6.07) is 14.4. The Morgan fingerprint density at radius 3 is 2.40 bits per heavy atom. The highest BCUT2D eigenvalue weighted by Crippen LogP contribution is 2.27. The zero-order chi connectivity index (χ0) is 14.4. The van der Waals surface area contributed by atoms with Crippen molar-refractivity contribution in [1.82, 2.24) is 0 Å². The number of hydrogen-bond donors (Lipinski definition) is 1. The van der Waals surface area contributed by atoms with Crippen molar-refractivity contribution in [1.29, 1.82) is 0 Å². The molecule has 0 saturated carbocycles. The standard InChI is InChI=1S/C18H19NO/c1-3-11-20-13-15-5-8-16(9-6-15)17-10-7-14(4-2)12-18(17)19/h1,5-10,12H,4,11,13,19H2,2H3. The fourth-order valence-electron chi connectivity index (χ4n) is 2.10. The van der Waals surface area contributed by atoms with Crippen molar-refractivity contribution in [3.63, 3.8) is 0 Å². The highest BCUT2D eigenvalue weighted by molar-refractivity contribution is 5.76. The fraction of sp³-hybridized carbons (Fsp3) is 0.222. The molecule has 0 aromatic heterocycles. The van der Waals surface area contributed by atoms with Gasteiger partial charge < -0.3 is 10.5 Å². The van der Waals surface area contributed by atoms with E-state index in [1.165, 1.54) is 5.56 Å². The second-order valence-electron chi connectivity index (χ2n) is 4.67. The quantitative estimate of drug-likeness (QED) is 0.509. The fourth-order valence-corrected chi connectivity index (χ4v) is 2.10. The summed E-state index contributed by atoms with van der Waals surface area (Å²) >= 11 is 0. The van der Waals surface area contributed by atoms with Crippen LogP contribution >= 0.6 is 0 Å². The summed E-state index contributed by atoms with van der Waals surface area (Å²) in [5.41, 5.74) is 11.5. The van der Waals surface area contributed by atoms with E-state index in [-0.39, 0.29) is 0 Å². The molecule has 0 saturated heterocycles. The van der Waals surface area contributed by atoms with Crippen molar-refractivity contribution in [2.75, 3.05) is 12.3 Å². The molecule has 0 radical (unpaired) electrons. The molecular weight excluding hydrogens is 246 g/mol. The number of ether oxygens (including phenoxy) is 1. The van der Waals surface area contributed by atoms with Crippen LogP contribution in [0.5, 0.6) is 0 Å². The molecule has 0 aliphatic carbocycles. The molecule has 0 aliphatic heterocycles. The largest absolute Gasteiger partial charge is 0.398 e. The van der Waals surface area contributed by atoms with Crippen LogP contribution in [0.1, 0.15) is 18.1 Å². The van der Waals surface area contributed by atoms with Crippen LogP contribution in [0.25, 0.3) is 11.1 Å². The van der Waals surface area contributed by atoms with Crippen molar-refractivity contribution in [2.24, 2.45) is 0 Å². The van der Waals surface area contributed by atoms with E-state index < -0.39 is 0 Å². The Bertz CT molecular complexity index is 608. The van der Waals surface area contributed by atoms with Gasteiger partial charge in [0.05, 0.1) is 6.61 Å². The van der Waals surface area contributed by atoms with E-state index in [1.54, 1.807) is 0 Å². The number of terminal acetylenes is 1. The summed E-state index contributed by atoms with van der Waals surface area (Å²) in [5, 5.41) is 0. The molecule has 2 rings (SSSR count). The molecule has 2 aromatic carbocycles. The Hall–Kier alpha value is -2.24. The van der Waals surface area contributed by atoms with Crippen LogP contribution in [0, 0.1) is 12.3 Å². The van der Waals surface area contributed by atoms with Gasteiger partial charge in [-0.05, 0) is 29.2 Å². The Labute approximate surface area is 120 Å². The van der Waals surface area contributed by atoms with Gasteiger partial charge in [-0.25, -0.2) is 0 Å². The maximum atomic E-state index is 6.12. The van der Waals surface area contributed by atoms with Crippen LogP contribution in [0.4, 0.5) is 5.69 Å². The molecule has 20 heavy (non-hydrogen) atoms. The number of hydrogen-bond acceptors (Lipinski definition) is 2. The van der Waals surface area contributed by atoms with E-state index in [0.29, 0.717) is 13.2 Å². The number of anilines is 1. The first-order valence-electron chi connectivity index (χ1n) is 6.73. The first-order chi connectivity index (χ1) is 9.74. The molecule has 102 valence electrons. The van der Waals surface area contributed by atoms with Gasteiger partial charge in [0.2, 0.25) is 0 Å². The molecule has 0 bridgehead atoms. The third-order valence-electron chi connectivity index (χ3n) is 3.24. The molecule has 0 unspecified atom stereocenters.